The van der Waals surface area contributed by atoms with Crippen LogP contribution < -0.4 is 10.6 Å². The van der Waals surface area contributed by atoms with Gasteiger partial charge in [-0.1, -0.05) is 0 Å². The van der Waals surface area contributed by atoms with Gasteiger partial charge >= 0.3 is 6.18 Å². The maximum atomic E-state index is 12.0. The number of alkyl halides is 3. The van der Waals surface area contributed by atoms with Crippen molar-refractivity contribution in [1.29, 1.82) is 0 Å². The van der Waals surface area contributed by atoms with Gasteiger partial charge in [0.1, 0.15) is 0 Å². The summed E-state index contributed by atoms with van der Waals surface area (Å²) in [6.07, 6.45) is -4.22. The van der Waals surface area contributed by atoms with Gasteiger partial charge in [0.25, 0.3) is 0 Å². The van der Waals surface area contributed by atoms with E-state index in [1.807, 2.05) is 20.8 Å². The van der Waals surface area contributed by atoms with Gasteiger partial charge < -0.3 is 15.4 Å². The standard InChI is InChI=1S/C13H26F3N3O.HI/c1-5-17-11(19-10-12(2,3)20-4)18-9-7-6-8-13(14,15)16;/h5-10H2,1-4H3,(H2,17,18,19);1H. The molecule has 8 heteroatoms. The Kier molecular flexibility index (Phi) is 12.4. The van der Waals surface area contributed by atoms with Crippen molar-refractivity contribution in [2.45, 2.75) is 51.8 Å². The van der Waals surface area contributed by atoms with Gasteiger partial charge in [-0.3, -0.25) is 4.99 Å². The molecule has 0 fully saturated rings. The number of nitrogens with one attached hydrogen (secondary N) is 2. The third-order valence-corrected chi connectivity index (χ3v) is 2.69. The van der Waals surface area contributed by atoms with E-state index < -0.39 is 12.6 Å². The van der Waals surface area contributed by atoms with Gasteiger partial charge in [0.05, 0.1) is 12.1 Å². The van der Waals surface area contributed by atoms with E-state index in [1.165, 1.54) is 0 Å². The molecule has 0 aliphatic carbocycles. The molecule has 0 rings (SSSR count). The van der Waals surface area contributed by atoms with Gasteiger partial charge in [0.15, 0.2) is 5.96 Å². The molecule has 0 heterocycles. The average Bonchev–Trinajstić information content (AvgIpc) is 2.34. The van der Waals surface area contributed by atoms with Crippen LogP contribution in [0.2, 0.25) is 0 Å². The molecule has 0 aromatic carbocycles. The fraction of sp³-hybridized carbons (Fsp3) is 0.923. The second-order valence-corrected chi connectivity index (χ2v) is 5.16. The molecule has 0 bridgehead atoms. The van der Waals surface area contributed by atoms with Crippen molar-refractivity contribution in [2.24, 2.45) is 4.99 Å². The van der Waals surface area contributed by atoms with Crippen LogP contribution in [0.1, 0.15) is 40.0 Å². The Balaban J connectivity index is 0. The first-order chi connectivity index (χ1) is 9.20. The Morgan fingerprint density at radius 1 is 1.14 bits per heavy atom. The zero-order valence-electron chi connectivity index (χ0n) is 13.1. The zero-order chi connectivity index (χ0) is 15.6. The van der Waals surface area contributed by atoms with Gasteiger partial charge in [-0.2, -0.15) is 13.2 Å². The number of methoxy groups -OCH3 is 1. The molecular weight excluding hydrogens is 398 g/mol. The summed E-state index contributed by atoms with van der Waals surface area (Å²) in [6.45, 7) is 7.41. The zero-order valence-corrected chi connectivity index (χ0v) is 15.5. The highest BCUT2D eigenvalue weighted by molar-refractivity contribution is 14.0. The second-order valence-electron chi connectivity index (χ2n) is 5.16. The Morgan fingerprint density at radius 3 is 2.24 bits per heavy atom. The number of halogens is 4. The number of hydrogen-bond acceptors (Lipinski definition) is 2. The molecule has 0 aliphatic heterocycles. The van der Waals surface area contributed by atoms with Crippen LogP contribution in [0.4, 0.5) is 13.2 Å². The first-order valence-corrected chi connectivity index (χ1v) is 6.84. The van der Waals surface area contributed by atoms with Crippen molar-refractivity contribution in [3.63, 3.8) is 0 Å². The summed E-state index contributed by atoms with van der Waals surface area (Å²) < 4.78 is 41.2. The number of ether oxygens (including phenoxy) is 1. The normalized spacial score (nSPS) is 12.8. The van der Waals surface area contributed by atoms with E-state index in [4.69, 9.17) is 4.74 Å². The first-order valence-electron chi connectivity index (χ1n) is 6.84. The van der Waals surface area contributed by atoms with Crippen molar-refractivity contribution in [3.05, 3.63) is 0 Å². The van der Waals surface area contributed by atoms with Gasteiger partial charge in [0, 0.05) is 26.6 Å². The summed E-state index contributed by atoms with van der Waals surface area (Å²) in [6, 6.07) is 0. The van der Waals surface area contributed by atoms with Crippen LogP contribution in [0.3, 0.4) is 0 Å². The maximum absolute atomic E-state index is 12.0. The molecule has 0 amide bonds. The number of aliphatic imine (C=N–C) groups is 1. The number of nitrogens with zero attached hydrogens (tertiary/aromatic N) is 1. The lowest BCUT2D eigenvalue weighted by atomic mass is 10.1. The summed E-state index contributed by atoms with van der Waals surface area (Å²) >= 11 is 0. The highest BCUT2D eigenvalue weighted by Crippen LogP contribution is 2.21. The molecule has 0 spiro atoms. The van der Waals surface area contributed by atoms with E-state index in [0.29, 0.717) is 32.0 Å². The second kappa shape index (κ2) is 11.3. The fourth-order valence-electron chi connectivity index (χ4n) is 1.33. The van der Waals surface area contributed by atoms with Crippen LogP contribution in [0, 0.1) is 0 Å². The summed E-state index contributed by atoms with van der Waals surface area (Å²) in [5.41, 5.74) is -0.362. The van der Waals surface area contributed by atoms with Crippen LogP contribution in [-0.4, -0.2) is 44.5 Å². The van der Waals surface area contributed by atoms with Gasteiger partial charge in [-0.05, 0) is 33.6 Å². The minimum atomic E-state index is -4.07. The predicted molar refractivity (Wildman–Crippen MR) is 90.4 cm³/mol. The fourth-order valence-corrected chi connectivity index (χ4v) is 1.33. The molecule has 21 heavy (non-hydrogen) atoms. The van der Waals surface area contributed by atoms with Crippen LogP contribution in [-0.2, 0) is 4.74 Å². The van der Waals surface area contributed by atoms with E-state index in [-0.39, 0.29) is 36.0 Å². The van der Waals surface area contributed by atoms with E-state index >= 15 is 0 Å². The highest BCUT2D eigenvalue weighted by Gasteiger charge is 2.25. The van der Waals surface area contributed by atoms with Crippen molar-refractivity contribution in [3.8, 4) is 0 Å². The smallest absolute Gasteiger partial charge is 0.377 e. The Bertz CT molecular complexity index is 297. The molecule has 0 saturated carbocycles. The minimum absolute atomic E-state index is 0. The topological polar surface area (TPSA) is 45.7 Å². The SMILES string of the molecule is CCNC(=NCC(C)(C)OC)NCCCCC(F)(F)F.I. The summed E-state index contributed by atoms with van der Waals surface area (Å²) in [5.74, 6) is 0.602. The molecule has 2 N–H and O–H groups in total. The number of hydrogen-bond donors (Lipinski definition) is 2. The van der Waals surface area contributed by atoms with Gasteiger partial charge in [-0.15, -0.1) is 24.0 Å². The quantitative estimate of drug-likeness (QED) is 0.272. The van der Waals surface area contributed by atoms with Crippen molar-refractivity contribution >= 4 is 29.9 Å². The number of rotatable bonds is 8. The maximum Gasteiger partial charge on any atom is 0.389 e. The van der Waals surface area contributed by atoms with Crippen LogP contribution in [0.5, 0.6) is 0 Å². The Morgan fingerprint density at radius 2 is 1.76 bits per heavy atom. The molecule has 0 atom stereocenters. The Hall–Kier alpha value is -0.250. The monoisotopic (exact) mass is 425 g/mol. The van der Waals surface area contributed by atoms with Gasteiger partial charge in [-0.25, -0.2) is 0 Å². The lowest BCUT2D eigenvalue weighted by Crippen LogP contribution is -2.39. The molecule has 0 aromatic rings. The number of unbranched alkanes of at least 4 members (excludes halogenated alkanes) is 1. The van der Waals surface area contributed by atoms with Crippen LogP contribution in [0.25, 0.3) is 0 Å². The lowest BCUT2D eigenvalue weighted by molar-refractivity contribution is -0.135. The molecule has 0 aromatic heterocycles. The van der Waals surface area contributed by atoms with E-state index in [2.05, 4.69) is 15.6 Å². The van der Waals surface area contributed by atoms with Crippen molar-refractivity contribution in [1.82, 2.24) is 10.6 Å². The molecular formula is C13H27F3IN3O. The van der Waals surface area contributed by atoms with Crippen LogP contribution >= 0.6 is 24.0 Å². The average molecular weight is 425 g/mol. The first kappa shape index (κ1) is 23.0. The van der Waals surface area contributed by atoms with E-state index in [1.54, 1.807) is 7.11 Å². The molecule has 128 valence electrons. The molecule has 0 unspecified atom stereocenters. The van der Waals surface area contributed by atoms with E-state index in [0.717, 1.165) is 0 Å². The molecule has 0 aliphatic rings. The Labute approximate surface area is 142 Å². The summed E-state index contributed by atoms with van der Waals surface area (Å²) in [4.78, 5) is 4.35. The van der Waals surface area contributed by atoms with Gasteiger partial charge in [0.2, 0.25) is 0 Å². The predicted octanol–water partition coefficient (Wildman–Crippen LogP) is 3.32. The third-order valence-electron chi connectivity index (χ3n) is 2.69. The molecule has 0 saturated heterocycles. The van der Waals surface area contributed by atoms with Crippen molar-refractivity contribution < 1.29 is 17.9 Å². The molecule has 0 radical (unpaired) electrons. The molecule has 4 nitrogen and oxygen atoms in total. The minimum Gasteiger partial charge on any atom is -0.377 e. The number of guanidine groups is 1. The summed E-state index contributed by atoms with van der Waals surface area (Å²) in [5, 5.41) is 6.07. The lowest BCUT2D eigenvalue weighted by Gasteiger charge is -2.21. The highest BCUT2D eigenvalue weighted by atomic mass is 127. The van der Waals surface area contributed by atoms with Crippen molar-refractivity contribution in [2.75, 3.05) is 26.7 Å². The third kappa shape index (κ3) is 14.5. The van der Waals surface area contributed by atoms with E-state index in [9.17, 15) is 13.2 Å². The largest absolute Gasteiger partial charge is 0.389 e. The van der Waals surface area contributed by atoms with Crippen LogP contribution in [0.15, 0.2) is 4.99 Å². The summed E-state index contributed by atoms with van der Waals surface area (Å²) in [7, 11) is 1.62.